The van der Waals surface area contributed by atoms with E-state index in [1.165, 1.54) is 17.8 Å². The molecular formula is C12H16N2. The van der Waals surface area contributed by atoms with Crippen LogP contribution in [0, 0.1) is 0 Å². The van der Waals surface area contributed by atoms with Crippen LogP contribution in [-0.4, -0.2) is 24.3 Å². The topological polar surface area (TPSA) is 15.6 Å². The van der Waals surface area contributed by atoms with Gasteiger partial charge in [-0.25, -0.2) is 0 Å². The highest BCUT2D eigenvalue weighted by atomic mass is 15.2. The number of nitrogens with zero attached hydrogens (tertiary/aromatic N) is 2. The SMILES string of the molecule is CN=C1CCCN1Cc1ccccc1. The fourth-order valence-electron chi connectivity index (χ4n) is 1.94. The maximum Gasteiger partial charge on any atom is 0.0989 e. The fourth-order valence-corrected chi connectivity index (χ4v) is 1.94. The average Bonchev–Trinajstić information content (AvgIpc) is 2.67. The molecule has 2 rings (SSSR count). The second-order valence-electron chi connectivity index (χ2n) is 3.65. The van der Waals surface area contributed by atoms with Crippen molar-refractivity contribution in [2.45, 2.75) is 19.4 Å². The highest BCUT2D eigenvalue weighted by Crippen LogP contribution is 2.14. The lowest BCUT2D eigenvalue weighted by Gasteiger charge is -2.18. The summed E-state index contributed by atoms with van der Waals surface area (Å²) < 4.78 is 0. The molecule has 1 heterocycles. The maximum absolute atomic E-state index is 4.31. The maximum atomic E-state index is 4.31. The molecule has 14 heavy (non-hydrogen) atoms. The molecule has 1 aliphatic heterocycles. The Morgan fingerprint density at radius 2 is 2.07 bits per heavy atom. The summed E-state index contributed by atoms with van der Waals surface area (Å²) in [6.45, 7) is 2.16. The minimum absolute atomic E-state index is 1.01. The summed E-state index contributed by atoms with van der Waals surface area (Å²) in [4.78, 5) is 6.68. The second kappa shape index (κ2) is 4.27. The lowest BCUT2D eigenvalue weighted by molar-refractivity contribution is 0.448. The minimum atomic E-state index is 1.01. The third-order valence-corrected chi connectivity index (χ3v) is 2.67. The highest BCUT2D eigenvalue weighted by Gasteiger charge is 2.17. The zero-order chi connectivity index (χ0) is 9.80. The number of rotatable bonds is 2. The Morgan fingerprint density at radius 1 is 1.29 bits per heavy atom. The number of aliphatic imine (C=N–C) groups is 1. The van der Waals surface area contributed by atoms with Gasteiger partial charge in [-0.3, -0.25) is 4.99 Å². The van der Waals surface area contributed by atoms with Gasteiger partial charge in [-0.2, -0.15) is 0 Å². The lowest BCUT2D eigenvalue weighted by Crippen LogP contribution is -2.24. The predicted molar refractivity (Wildman–Crippen MR) is 59.4 cm³/mol. The first-order valence-electron chi connectivity index (χ1n) is 5.14. The van der Waals surface area contributed by atoms with Gasteiger partial charge >= 0.3 is 0 Å². The van der Waals surface area contributed by atoms with Gasteiger partial charge < -0.3 is 4.90 Å². The van der Waals surface area contributed by atoms with Crippen LogP contribution in [0.25, 0.3) is 0 Å². The van der Waals surface area contributed by atoms with E-state index in [1.807, 2.05) is 7.05 Å². The van der Waals surface area contributed by atoms with Gasteiger partial charge in [-0.15, -0.1) is 0 Å². The Labute approximate surface area is 85.3 Å². The zero-order valence-corrected chi connectivity index (χ0v) is 8.61. The molecule has 0 N–H and O–H groups in total. The van der Waals surface area contributed by atoms with Gasteiger partial charge in [0.1, 0.15) is 0 Å². The summed E-state index contributed by atoms with van der Waals surface area (Å²) >= 11 is 0. The predicted octanol–water partition coefficient (Wildman–Crippen LogP) is 2.31. The van der Waals surface area contributed by atoms with Crippen LogP contribution >= 0.6 is 0 Å². The van der Waals surface area contributed by atoms with Crippen LogP contribution in [0.5, 0.6) is 0 Å². The van der Waals surface area contributed by atoms with E-state index in [1.54, 1.807) is 0 Å². The monoisotopic (exact) mass is 188 g/mol. The van der Waals surface area contributed by atoms with Gasteiger partial charge in [0.05, 0.1) is 5.84 Å². The van der Waals surface area contributed by atoms with E-state index in [-0.39, 0.29) is 0 Å². The summed E-state index contributed by atoms with van der Waals surface area (Å²) in [5, 5.41) is 0. The molecule has 0 atom stereocenters. The Hall–Kier alpha value is -1.31. The number of benzene rings is 1. The summed E-state index contributed by atoms with van der Waals surface area (Å²) in [5.41, 5.74) is 1.37. The molecule has 1 fully saturated rings. The molecule has 0 radical (unpaired) electrons. The lowest BCUT2D eigenvalue weighted by atomic mass is 10.2. The van der Waals surface area contributed by atoms with Crippen molar-refractivity contribution < 1.29 is 0 Å². The molecule has 2 heteroatoms. The number of amidine groups is 1. The van der Waals surface area contributed by atoms with E-state index in [0.717, 1.165) is 19.5 Å². The van der Waals surface area contributed by atoms with Crippen LogP contribution in [-0.2, 0) is 6.54 Å². The minimum Gasteiger partial charge on any atom is -0.356 e. The van der Waals surface area contributed by atoms with Crippen LogP contribution < -0.4 is 0 Å². The largest absolute Gasteiger partial charge is 0.356 e. The van der Waals surface area contributed by atoms with E-state index in [2.05, 4.69) is 40.2 Å². The van der Waals surface area contributed by atoms with Crippen molar-refractivity contribution in [3.8, 4) is 0 Å². The van der Waals surface area contributed by atoms with Crippen molar-refractivity contribution in [3.63, 3.8) is 0 Å². The Bertz CT molecular complexity index is 316. The van der Waals surface area contributed by atoms with Crippen molar-refractivity contribution >= 4 is 5.84 Å². The molecule has 1 aromatic rings. The Kier molecular flexibility index (Phi) is 2.82. The molecule has 0 unspecified atom stereocenters. The van der Waals surface area contributed by atoms with Crippen molar-refractivity contribution in [3.05, 3.63) is 35.9 Å². The van der Waals surface area contributed by atoms with E-state index >= 15 is 0 Å². The van der Waals surface area contributed by atoms with E-state index in [9.17, 15) is 0 Å². The standard InChI is InChI=1S/C12H16N2/c1-13-12-8-5-9-14(12)10-11-6-3-2-4-7-11/h2-4,6-7H,5,8-10H2,1H3. The van der Waals surface area contributed by atoms with Gasteiger partial charge in [0, 0.05) is 26.6 Å². The normalized spacial score (nSPS) is 19.2. The van der Waals surface area contributed by atoms with Crippen LogP contribution in [0.2, 0.25) is 0 Å². The van der Waals surface area contributed by atoms with Crippen LogP contribution in [0.15, 0.2) is 35.3 Å². The molecule has 1 aromatic carbocycles. The number of hydrogen-bond donors (Lipinski definition) is 0. The fraction of sp³-hybridized carbons (Fsp3) is 0.417. The van der Waals surface area contributed by atoms with E-state index in [4.69, 9.17) is 0 Å². The molecule has 1 aliphatic rings. The van der Waals surface area contributed by atoms with E-state index in [0.29, 0.717) is 0 Å². The van der Waals surface area contributed by atoms with Crippen LogP contribution in [0.1, 0.15) is 18.4 Å². The van der Waals surface area contributed by atoms with Gasteiger partial charge in [0.2, 0.25) is 0 Å². The van der Waals surface area contributed by atoms with Crippen molar-refractivity contribution in [1.29, 1.82) is 0 Å². The average molecular weight is 188 g/mol. The van der Waals surface area contributed by atoms with Crippen molar-refractivity contribution in [2.24, 2.45) is 4.99 Å². The van der Waals surface area contributed by atoms with Crippen molar-refractivity contribution in [2.75, 3.05) is 13.6 Å². The number of hydrogen-bond acceptors (Lipinski definition) is 1. The zero-order valence-electron chi connectivity index (χ0n) is 8.61. The molecule has 74 valence electrons. The quantitative estimate of drug-likeness (QED) is 0.695. The number of likely N-dealkylation sites (tertiary alicyclic amines) is 1. The second-order valence-corrected chi connectivity index (χ2v) is 3.65. The Balaban J connectivity index is 2.04. The first-order valence-corrected chi connectivity index (χ1v) is 5.14. The summed E-state index contributed by atoms with van der Waals surface area (Å²) in [6, 6.07) is 10.6. The van der Waals surface area contributed by atoms with Crippen LogP contribution in [0.3, 0.4) is 0 Å². The molecule has 0 amide bonds. The summed E-state index contributed by atoms with van der Waals surface area (Å²) in [6.07, 6.45) is 2.39. The first kappa shape index (κ1) is 9.25. The van der Waals surface area contributed by atoms with Gasteiger partial charge in [0.25, 0.3) is 0 Å². The molecule has 2 nitrogen and oxygen atoms in total. The molecule has 0 spiro atoms. The smallest absolute Gasteiger partial charge is 0.0989 e. The third kappa shape index (κ3) is 1.95. The van der Waals surface area contributed by atoms with E-state index < -0.39 is 0 Å². The third-order valence-electron chi connectivity index (χ3n) is 2.67. The molecule has 0 bridgehead atoms. The highest BCUT2D eigenvalue weighted by molar-refractivity contribution is 5.83. The first-order chi connectivity index (χ1) is 6.90. The molecule has 1 saturated heterocycles. The molecule has 0 aliphatic carbocycles. The molecule has 0 aromatic heterocycles. The Morgan fingerprint density at radius 3 is 2.79 bits per heavy atom. The summed E-state index contributed by atoms with van der Waals surface area (Å²) in [7, 11) is 1.89. The molecular weight excluding hydrogens is 172 g/mol. The van der Waals surface area contributed by atoms with Gasteiger partial charge in [-0.1, -0.05) is 30.3 Å². The van der Waals surface area contributed by atoms with Crippen LogP contribution in [0.4, 0.5) is 0 Å². The molecule has 0 saturated carbocycles. The van der Waals surface area contributed by atoms with Gasteiger partial charge in [-0.05, 0) is 12.0 Å². The summed E-state index contributed by atoms with van der Waals surface area (Å²) in [5.74, 6) is 1.26. The van der Waals surface area contributed by atoms with Crippen molar-refractivity contribution in [1.82, 2.24) is 4.90 Å². The van der Waals surface area contributed by atoms with Gasteiger partial charge in [0.15, 0.2) is 0 Å².